The minimum absolute atomic E-state index is 0.0330. The second kappa shape index (κ2) is 29.0. The number of carboxylic acid groups (broad SMARTS) is 1. The third-order valence-electron chi connectivity index (χ3n) is 16.1. The number of likely N-dealkylation sites (N-methyl/N-ethyl adjacent to an activating group) is 1. The maximum Gasteiger partial charge on any atom is 0.337 e. The van der Waals surface area contributed by atoms with E-state index in [4.69, 9.17) is 24.9 Å². The number of carboxylic acids is 1. The first kappa shape index (κ1) is 63.6. The number of ether oxygens (including phenoxy) is 1. The van der Waals surface area contributed by atoms with Crippen molar-refractivity contribution >= 4 is 127 Å². The summed E-state index contributed by atoms with van der Waals surface area (Å²) in [5.74, 6) is 1.93. The van der Waals surface area contributed by atoms with Crippen molar-refractivity contribution in [3.05, 3.63) is 235 Å². The lowest BCUT2D eigenvalue weighted by Crippen LogP contribution is -2.21. The summed E-state index contributed by atoms with van der Waals surface area (Å²) in [5.41, 5.74) is 7.20. The van der Waals surface area contributed by atoms with Gasteiger partial charge in [-0.1, -0.05) is 91.0 Å². The number of methoxy groups -OCH3 is 1. The van der Waals surface area contributed by atoms with Crippen molar-refractivity contribution in [2.24, 2.45) is 0 Å². The predicted octanol–water partition coefficient (Wildman–Crippen LogP) is 12.2. The summed E-state index contributed by atoms with van der Waals surface area (Å²) in [4.78, 5) is 64.9. The van der Waals surface area contributed by atoms with E-state index < -0.39 is 5.97 Å². The molecule has 16 aromatic rings. The second-order valence-electron chi connectivity index (χ2n) is 22.6. The molecule has 25 heteroatoms. The molecule has 16 rings (SSSR count). The summed E-state index contributed by atoms with van der Waals surface area (Å²) in [6.45, 7) is 2.11. The van der Waals surface area contributed by atoms with Crippen molar-refractivity contribution in [1.29, 1.82) is 0 Å². The molecule has 98 heavy (non-hydrogen) atoms. The fourth-order valence-corrected chi connectivity index (χ4v) is 11.4. The molecule has 484 valence electrons. The number of fused-ring (bicyclic) bond motifs is 12. The van der Waals surface area contributed by atoms with E-state index in [0.717, 1.165) is 123 Å². The Balaban J connectivity index is 0.000000118. The summed E-state index contributed by atoms with van der Waals surface area (Å²) in [6, 6.07) is 55.3. The van der Waals surface area contributed by atoms with Gasteiger partial charge in [-0.05, 0) is 121 Å². The normalized spacial score (nSPS) is 11.1. The molecule has 0 atom stereocenters. The number of benzene rings is 7. The average Bonchev–Trinajstić information content (AvgIpc) is 0.847. The Kier molecular flexibility index (Phi) is 18.8. The second-order valence-corrected chi connectivity index (χ2v) is 22.6. The van der Waals surface area contributed by atoms with Gasteiger partial charge in [-0.2, -0.15) is 10.4 Å². The van der Waals surface area contributed by atoms with Crippen molar-refractivity contribution in [1.82, 2.24) is 80.6 Å². The van der Waals surface area contributed by atoms with Crippen LogP contribution in [0, 0.1) is 0 Å². The number of aryl methyl sites for hydroxylation is 1. The van der Waals surface area contributed by atoms with Crippen molar-refractivity contribution in [3.8, 4) is 22.8 Å². The summed E-state index contributed by atoms with van der Waals surface area (Å²) >= 11 is 0. The molecule has 0 aliphatic rings. The van der Waals surface area contributed by atoms with Gasteiger partial charge in [0.25, 0.3) is 5.56 Å². The van der Waals surface area contributed by atoms with Gasteiger partial charge in [-0.15, -0.1) is 20.4 Å². The van der Waals surface area contributed by atoms with Gasteiger partial charge in [0.15, 0.2) is 0 Å². The topological polar surface area (TPSA) is 331 Å². The summed E-state index contributed by atoms with van der Waals surface area (Å²) in [7, 11) is 5.39. The third kappa shape index (κ3) is 13.8. The SMILES string of the molecule is CN(C)CCNc1nc2cc(C(=O)O)ccc2c2cnccc12.COC(=O)c1ccc2c(c1)nc(Nc1ccccc1)c1ccncc12.O=c1c2ccccc2c2ccc(-c3nn[nH]n3)cc2n1CCCO.c1ccc(Nc2nc3cc(-c4nn[nH]n4)ccc3c3cnccc23)cc1. The number of hydrogen-bond acceptors (Lipinski definition) is 21. The predicted molar refractivity (Wildman–Crippen MR) is 380 cm³/mol. The van der Waals surface area contributed by atoms with Crippen LogP contribution < -0.4 is 21.5 Å². The zero-order chi connectivity index (χ0) is 67.5. The van der Waals surface area contributed by atoms with Crippen molar-refractivity contribution < 1.29 is 24.5 Å². The monoisotopic (exact) mass is 1300 g/mol. The van der Waals surface area contributed by atoms with E-state index in [0.29, 0.717) is 46.6 Å². The number of carbonyl (C=O) groups is 2. The van der Waals surface area contributed by atoms with Gasteiger partial charge in [0.05, 0.1) is 40.3 Å². The van der Waals surface area contributed by atoms with E-state index in [2.05, 4.69) is 82.0 Å². The first-order chi connectivity index (χ1) is 48.0. The van der Waals surface area contributed by atoms with Crippen LogP contribution in [0.2, 0.25) is 0 Å². The number of nitrogens with one attached hydrogen (secondary N) is 5. The lowest BCUT2D eigenvalue weighted by Gasteiger charge is -2.14. The molecule has 0 amide bonds. The minimum Gasteiger partial charge on any atom is -0.478 e. The van der Waals surface area contributed by atoms with Crippen LogP contribution in [-0.2, 0) is 11.3 Å². The highest BCUT2D eigenvalue weighted by molar-refractivity contribution is 6.14. The fourth-order valence-electron chi connectivity index (χ4n) is 11.4. The highest BCUT2D eigenvalue weighted by Crippen LogP contribution is 2.35. The zero-order valence-electron chi connectivity index (χ0n) is 53.0. The van der Waals surface area contributed by atoms with E-state index in [1.54, 1.807) is 59.7 Å². The van der Waals surface area contributed by atoms with Crippen molar-refractivity contribution in [2.75, 3.05) is 56.9 Å². The quantitative estimate of drug-likeness (QED) is 0.0370. The van der Waals surface area contributed by atoms with E-state index in [1.165, 1.54) is 7.11 Å². The first-order valence-electron chi connectivity index (χ1n) is 31.0. The van der Waals surface area contributed by atoms with Crippen molar-refractivity contribution in [2.45, 2.75) is 13.0 Å². The van der Waals surface area contributed by atoms with Gasteiger partial charge < -0.3 is 40.4 Å². The lowest BCUT2D eigenvalue weighted by atomic mass is 10.0. The molecule has 0 aliphatic carbocycles. The van der Waals surface area contributed by atoms with E-state index in [9.17, 15) is 14.4 Å². The molecule has 0 unspecified atom stereocenters. The number of aliphatic hydroxyl groups excluding tert-OH is 1. The number of aromatic amines is 2. The molecule has 0 fully saturated rings. The van der Waals surface area contributed by atoms with Gasteiger partial charge >= 0.3 is 11.9 Å². The molecule has 7 N–H and O–H groups in total. The number of carbonyl (C=O) groups excluding carboxylic acids is 1. The molecule has 0 saturated heterocycles. The number of rotatable bonds is 15. The number of para-hydroxylation sites is 2. The minimum atomic E-state index is -0.956. The summed E-state index contributed by atoms with van der Waals surface area (Å²) in [6.07, 6.45) is 11.2. The summed E-state index contributed by atoms with van der Waals surface area (Å²) in [5, 5.41) is 68.0. The third-order valence-corrected chi connectivity index (χ3v) is 16.1. The van der Waals surface area contributed by atoms with Gasteiger partial charge in [0.1, 0.15) is 17.5 Å². The standard InChI is InChI=1S/C20H15N3O2.C19H13N7.C17H15N5O2.C17H18N4O2/c1-25-20(24)13-7-8-15-17-12-21-10-9-16(17)19(23-18(15)11-13)22-14-5-3-2-4-6-14;1-2-4-13(5-3-1)21-19-15-8-9-20-11-16(15)14-7-6-12(10-17(14)22-19)18-23-25-26-24-18;23-9-3-8-22-15-10-11(16-18-20-21-19-16)6-7-13(15)12-4-1-2-5-14(12)17(22)24;1-21(2)8-7-19-16-13-5-6-18-10-14(13)12-4-3-11(17(22)23)9-15(12)20-16/h2-12H,1H3,(H,22,23);1-11H,(H,21,22)(H,23,24,25,26);1-2,4-7,10,23H,3,8-9H2,(H,18,19,20,21);3-6,9-10H,7-8H2,1-2H3,(H,19,20)(H,22,23). The Hall–Kier alpha value is -13.1. The van der Waals surface area contributed by atoms with Crippen LogP contribution in [0.5, 0.6) is 0 Å². The molecule has 0 spiro atoms. The van der Waals surface area contributed by atoms with Crippen LogP contribution in [0.4, 0.5) is 28.8 Å². The number of nitrogens with zero attached hydrogens (tertiary/aromatic N) is 14. The molecular formula is C73H61N19O6. The van der Waals surface area contributed by atoms with E-state index >= 15 is 0 Å². The van der Waals surface area contributed by atoms with Crippen LogP contribution in [0.1, 0.15) is 27.1 Å². The highest BCUT2D eigenvalue weighted by Gasteiger charge is 2.17. The molecule has 0 aliphatic heterocycles. The van der Waals surface area contributed by atoms with Crippen LogP contribution in [0.3, 0.4) is 0 Å². The highest BCUT2D eigenvalue weighted by atomic mass is 16.5. The van der Waals surface area contributed by atoms with Gasteiger partial charge in [0, 0.05) is 145 Å². The average molecular weight is 1300 g/mol. The number of esters is 1. The van der Waals surface area contributed by atoms with Gasteiger partial charge in [-0.25, -0.2) is 24.5 Å². The van der Waals surface area contributed by atoms with Crippen LogP contribution in [-0.4, -0.2) is 144 Å². The fraction of sp³-hybridized carbons (Fsp3) is 0.110. The molecule has 9 heterocycles. The van der Waals surface area contributed by atoms with E-state index in [1.807, 2.05) is 172 Å². The Morgan fingerprint density at radius 2 is 1.00 bits per heavy atom. The molecule has 0 bridgehead atoms. The van der Waals surface area contributed by atoms with E-state index in [-0.39, 0.29) is 23.7 Å². The Bertz CT molecular complexity index is 5610. The molecular weight excluding hydrogens is 1240 g/mol. The maximum atomic E-state index is 12.9. The van der Waals surface area contributed by atoms with Crippen LogP contribution in [0.25, 0.3) is 109 Å². The molecule has 0 saturated carbocycles. The Morgan fingerprint density at radius 3 is 1.52 bits per heavy atom. The number of aliphatic hydroxyl groups is 1. The smallest absolute Gasteiger partial charge is 0.337 e. The number of hydrogen-bond donors (Lipinski definition) is 7. The number of pyridine rings is 7. The first-order valence-corrected chi connectivity index (χ1v) is 31.0. The molecule has 9 aromatic heterocycles. The Labute approximate surface area is 557 Å². The van der Waals surface area contributed by atoms with Crippen LogP contribution in [0.15, 0.2) is 218 Å². The van der Waals surface area contributed by atoms with Crippen LogP contribution >= 0.6 is 0 Å². The number of aromatic nitrogens is 15. The largest absolute Gasteiger partial charge is 0.478 e. The van der Waals surface area contributed by atoms with Gasteiger partial charge in [0.2, 0.25) is 11.6 Å². The number of tetrazole rings is 2. The lowest BCUT2D eigenvalue weighted by molar-refractivity contribution is 0.0600. The number of aromatic carboxylic acids is 1. The number of anilines is 5. The van der Waals surface area contributed by atoms with Gasteiger partial charge in [-0.3, -0.25) is 19.7 Å². The van der Waals surface area contributed by atoms with Crippen molar-refractivity contribution in [3.63, 3.8) is 0 Å². The molecule has 7 aromatic carbocycles. The molecule has 25 nitrogen and oxygen atoms in total. The Morgan fingerprint density at radius 1 is 0.520 bits per heavy atom. The zero-order valence-corrected chi connectivity index (χ0v) is 53.0. The molecule has 0 radical (unpaired) electrons. The number of H-pyrrole nitrogens is 2. The maximum absolute atomic E-state index is 12.9. The summed E-state index contributed by atoms with van der Waals surface area (Å²) < 4.78 is 6.51.